The van der Waals surface area contributed by atoms with Crippen molar-refractivity contribution in [1.29, 1.82) is 0 Å². The molecule has 2 aromatic heterocycles. The van der Waals surface area contributed by atoms with E-state index in [0.29, 0.717) is 6.54 Å². The van der Waals surface area contributed by atoms with Gasteiger partial charge in [0, 0.05) is 36.0 Å². The van der Waals surface area contributed by atoms with Crippen LogP contribution in [0.15, 0.2) is 73.1 Å². The largest absolute Gasteiger partial charge is 0.481 e. The van der Waals surface area contributed by atoms with E-state index >= 15 is 0 Å². The monoisotopic (exact) mass is 665 g/mol. The zero-order valence-electron chi connectivity index (χ0n) is 28.8. The molecule has 1 aliphatic heterocycles. The summed E-state index contributed by atoms with van der Waals surface area (Å²) < 4.78 is 17.0. The normalized spacial score (nSPS) is 12.8. The first kappa shape index (κ1) is 34.5. The maximum absolute atomic E-state index is 13.2. The van der Waals surface area contributed by atoms with Gasteiger partial charge >= 0.3 is 5.97 Å². The van der Waals surface area contributed by atoms with E-state index in [1.165, 1.54) is 0 Å². The number of nitrogens with one attached hydrogen (secondary N) is 1. The van der Waals surface area contributed by atoms with Gasteiger partial charge in [-0.05, 0) is 112 Å². The van der Waals surface area contributed by atoms with Crippen LogP contribution in [0.25, 0.3) is 27.9 Å². The van der Waals surface area contributed by atoms with Gasteiger partial charge in [0.15, 0.2) is 0 Å². The van der Waals surface area contributed by atoms with Crippen LogP contribution in [0.1, 0.15) is 54.3 Å². The molecule has 9 nitrogen and oxygen atoms in total. The zero-order chi connectivity index (χ0) is 34.9. The lowest BCUT2D eigenvalue weighted by atomic mass is 9.81. The van der Waals surface area contributed by atoms with Gasteiger partial charge in [-0.15, -0.1) is 0 Å². The molecule has 250 valence electrons. The summed E-state index contributed by atoms with van der Waals surface area (Å²) in [5, 5.41) is 26.6. The highest BCUT2D eigenvalue weighted by atomic mass is 32.2. The minimum atomic E-state index is -1.34. The number of rotatable bonds is 7. The molecule has 3 heterocycles. The molecule has 0 aliphatic carbocycles. The number of aromatic nitrogens is 3. The minimum absolute atomic E-state index is 0.117. The molecule has 0 spiro atoms. The lowest BCUT2D eigenvalue weighted by Gasteiger charge is -2.35. The zero-order valence-corrected chi connectivity index (χ0v) is 29.6. The molecule has 3 N–H and O–H groups in total. The molecule has 10 heteroatoms. The van der Waals surface area contributed by atoms with Gasteiger partial charge in [-0.25, -0.2) is 8.89 Å². The lowest BCUT2D eigenvalue weighted by molar-refractivity contribution is -0.136. The number of carboxylic acid groups (broad SMARTS) is 1. The van der Waals surface area contributed by atoms with Crippen LogP contribution < -0.4 is 9.62 Å². The van der Waals surface area contributed by atoms with Crippen molar-refractivity contribution in [3.8, 4) is 27.9 Å². The van der Waals surface area contributed by atoms with Crippen LogP contribution in [0.5, 0.6) is 0 Å². The molecular formula is C38H43N5O4S. The molecule has 6 rings (SSSR count). The van der Waals surface area contributed by atoms with Crippen LogP contribution in [0, 0.1) is 27.7 Å². The van der Waals surface area contributed by atoms with Gasteiger partial charge in [0.1, 0.15) is 16.8 Å². The summed E-state index contributed by atoms with van der Waals surface area (Å²) in [5.41, 5.74) is 11.7. The van der Waals surface area contributed by atoms with Crippen molar-refractivity contribution < 1.29 is 19.2 Å². The predicted octanol–water partition coefficient (Wildman–Crippen LogP) is 7.60. The molecule has 1 unspecified atom stereocenters. The maximum Gasteiger partial charge on any atom is 0.307 e. The number of aliphatic hydroxyl groups is 1. The summed E-state index contributed by atoms with van der Waals surface area (Å²) in [4.78, 5) is 16.2. The van der Waals surface area contributed by atoms with Crippen molar-refractivity contribution >= 4 is 34.1 Å². The molecule has 1 aliphatic rings. The van der Waals surface area contributed by atoms with E-state index in [1.54, 1.807) is 39.4 Å². The van der Waals surface area contributed by atoms with E-state index in [-0.39, 0.29) is 6.42 Å². The second-order valence-corrected chi connectivity index (χ2v) is 14.5. The highest BCUT2D eigenvalue weighted by Crippen LogP contribution is 2.49. The van der Waals surface area contributed by atoms with Gasteiger partial charge in [-0.3, -0.25) is 14.1 Å². The van der Waals surface area contributed by atoms with Crippen LogP contribution in [0.4, 0.5) is 17.2 Å². The number of pyridine rings is 1. The number of aliphatic carboxylic acids is 1. The smallest absolute Gasteiger partial charge is 0.307 e. The Labute approximate surface area is 284 Å². The third kappa shape index (κ3) is 7.50. The van der Waals surface area contributed by atoms with Gasteiger partial charge in [-0.1, -0.05) is 35.9 Å². The Morgan fingerprint density at radius 3 is 2.19 bits per heavy atom. The summed E-state index contributed by atoms with van der Waals surface area (Å²) in [6.45, 7) is 13.7. The van der Waals surface area contributed by atoms with Gasteiger partial charge < -0.3 is 15.5 Å². The number of nitrogens with zero attached hydrogens (tertiary/aromatic N) is 4. The lowest BCUT2D eigenvalue weighted by Crippen LogP contribution is -2.30. The highest BCUT2D eigenvalue weighted by molar-refractivity contribution is 7.85. The Hall–Kier alpha value is -4.80. The van der Waals surface area contributed by atoms with E-state index in [9.17, 15) is 14.1 Å². The van der Waals surface area contributed by atoms with Gasteiger partial charge in [0.25, 0.3) is 0 Å². The number of carbonyl (C=O) groups is 1. The first-order valence-corrected chi connectivity index (χ1v) is 17.3. The van der Waals surface area contributed by atoms with Crippen LogP contribution in [0.2, 0.25) is 0 Å². The Balaban J connectivity index is 0.000000840. The van der Waals surface area contributed by atoms with Crippen LogP contribution in [-0.2, 0) is 28.7 Å². The molecule has 0 fully saturated rings. The summed E-state index contributed by atoms with van der Waals surface area (Å²) in [6, 6.07) is 20.3. The van der Waals surface area contributed by atoms with E-state index < -0.39 is 22.6 Å². The number of aryl methyl sites for hydroxylation is 2. The molecule has 48 heavy (non-hydrogen) atoms. The number of fused-ring (bicyclic) bond motifs is 3. The summed E-state index contributed by atoms with van der Waals surface area (Å²) >= 11 is 0. The molecule has 0 amide bonds. The van der Waals surface area contributed by atoms with Crippen LogP contribution >= 0.6 is 0 Å². The summed E-state index contributed by atoms with van der Waals surface area (Å²) in [6.07, 6.45) is 5.03. The molecule has 5 aromatic rings. The van der Waals surface area contributed by atoms with Crippen LogP contribution in [0.3, 0.4) is 0 Å². The SMILES string of the molecule is CC(C)(C)O.Cc1ccc(-c2c(C)c3c(c(C)c2CC(=O)O)N(S(C)=O)Cc2cc(Nc4cc(C)nn4-c4ccncc4)ccc2-3)cc1. The molecular weight excluding hydrogens is 623 g/mol. The topological polar surface area (TPSA) is 121 Å². The second kappa shape index (κ2) is 13.7. The fourth-order valence-electron chi connectivity index (χ4n) is 6.09. The molecule has 1 atom stereocenters. The van der Waals surface area contributed by atoms with Crippen molar-refractivity contribution in [2.75, 3.05) is 15.9 Å². The van der Waals surface area contributed by atoms with Crippen molar-refractivity contribution in [2.24, 2.45) is 0 Å². The van der Waals surface area contributed by atoms with E-state index in [1.807, 2.05) is 73.1 Å². The molecule has 0 radical (unpaired) electrons. The van der Waals surface area contributed by atoms with E-state index in [0.717, 1.165) is 78.6 Å². The number of hydrogen-bond acceptors (Lipinski definition) is 6. The fourth-order valence-corrected chi connectivity index (χ4v) is 6.90. The molecule has 0 saturated carbocycles. The quantitative estimate of drug-likeness (QED) is 0.164. The van der Waals surface area contributed by atoms with Gasteiger partial charge in [-0.2, -0.15) is 5.10 Å². The predicted molar refractivity (Wildman–Crippen MR) is 194 cm³/mol. The average molecular weight is 666 g/mol. The number of anilines is 3. The van der Waals surface area contributed by atoms with Gasteiger partial charge in [0.2, 0.25) is 0 Å². The van der Waals surface area contributed by atoms with Crippen molar-refractivity contribution in [2.45, 2.75) is 67.0 Å². The van der Waals surface area contributed by atoms with E-state index in [4.69, 9.17) is 5.11 Å². The van der Waals surface area contributed by atoms with Gasteiger partial charge in [0.05, 0.1) is 35.6 Å². The first-order valence-electron chi connectivity index (χ1n) is 15.8. The number of hydrogen-bond donors (Lipinski definition) is 3. The standard InChI is InChI=1S/C34H33N5O3S.C4H10O/c1-20-6-8-24(9-7-20)32-23(4)33-28-11-10-26(36-30-16-21(2)37-39(30)27-12-14-35-15-13-27)17-25(28)19-38(43(5)42)34(33)22(3)29(32)18-31(40)41;1-4(2,3)5/h6-17,36H,18-19H2,1-5H3,(H,40,41);5H,1-3H3. The Morgan fingerprint density at radius 2 is 1.58 bits per heavy atom. The molecule has 0 bridgehead atoms. The van der Waals surface area contributed by atoms with E-state index in [2.05, 4.69) is 39.7 Å². The van der Waals surface area contributed by atoms with Crippen molar-refractivity contribution in [1.82, 2.24) is 14.8 Å². The Bertz CT molecular complexity index is 1990. The third-order valence-corrected chi connectivity index (χ3v) is 8.96. The Kier molecular flexibility index (Phi) is 9.89. The number of benzene rings is 3. The first-order chi connectivity index (χ1) is 22.6. The summed E-state index contributed by atoms with van der Waals surface area (Å²) in [7, 11) is -1.34. The second-order valence-electron chi connectivity index (χ2n) is 13.2. The average Bonchev–Trinajstić information content (AvgIpc) is 3.38. The fraction of sp³-hybridized carbons (Fsp3) is 0.289. The molecule has 0 saturated heterocycles. The minimum Gasteiger partial charge on any atom is -0.481 e. The van der Waals surface area contributed by atoms with Crippen molar-refractivity contribution in [3.63, 3.8) is 0 Å². The highest BCUT2D eigenvalue weighted by Gasteiger charge is 2.32. The Morgan fingerprint density at radius 1 is 0.938 bits per heavy atom. The van der Waals surface area contributed by atoms with Crippen LogP contribution in [-0.4, -0.2) is 47.0 Å². The molecule has 3 aromatic carbocycles. The van der Waals surface area contributed by atoms with Crippen molar-refractivity contribution in [3.05, 3.63) is 107 Å². The third-order valence-electron chi connectivity index (χ3n) is 8.02. The summed E-state index contributed by atoms with van der Waals surface area (Å²) in [5.74, 6) is -0.0732. The number of carboxylic acids is 1. The maximum atomic E-state index is 13.2.